The monoisotopic (exact) mass is 460 g/mol. The van der Waals surface area contributed by atoms with Gasteiger partial charge in [0, 0.05) is 44.8 Å². The predicted molar refractivity (Wildman–Crippen MR) is 119 cm³/mol. The number of hydrogen-bond donors (Lipinski definition) is 5. The largest absolute Gasteiger partial charge is 0.481 e. The number of aliphatic hydroxyl groups excluding tert-OH is 1. The summed E-state index contributed by atoms with van der Waals surface area (Å²) in [5, 5.41) is 29.0. The molecule has 2 fully saturated rings. The number of aromatic amines is 1. The number of carboxylic acid groups (broad SMARTS) is 2. The second-order valence-electron chi connectivity index (χ2n) is 8.21. The van der Waals surface area contributed by atoms with Gasteiger partial charge in [-0.15, -0.1) is 0 Å². The Bertz CT molecular complexity index is 679. The molecule has 1 aromatic heterocycles. The first-order valence-electron chi connectivity index (χ1n) is 10.8. The lowest BCUT2D eigenvalue weighted by atomic mass is 9.70. The molecule has 2 aliphatic heterocycles. The van der Waals surface area contributed by atoms with Crippen molar-refractivity contribution in [2.45, 2.75) is 71.9 Å². The Morgan fingerprint density at radius 2 is 1.90 bits per heavy atom. The minimum atomic E-state index is -0.833. The number of unbranched alkanes of at least 4 members (excludes halogenated alkanes) is 1. The third kappa shape index (κ3) is 9.55. The number of aliphatic hydroxyl groups is 1. The summed E-state index contributed by atoms with van der Waals surface area (Å²) in [5.74, 6) is -0.663. The van der Waals surface area contributed by atoms with Crippen molar-refractivity contribution in [3.8, 4) is 0 Å². The van der Waals surface area contributed by atoms with E-state index >= 15 is 0 Å². The summed E-state index contributed by atoms with van der Waals surface area (Å²) in [4.78, 5) is 28.3. The zero-order valence-corrected chi connectivity index (χ0v) is 19.5. The van der Waals surface area contributed by atoms with Gasteiger partial charge in [-0.2, -0.15) is 0 Å². The molecule has 2 atom stereocenters. The van der Waals surface area contributed by atoms with Gasteiger partial charge in [0.1, 0.15) is 5.82 Å². The van der Waals surface area contributed by atoms with E-state index in [1.54, 1.807) is 0 Å². The van der Waals surface area contributed by atoms with Crippen LogP contribution in [-0.2, 0) is 22.6 Å². The number of aromatic nitrogens is 2. The lowest BCUT2D eigenvalue weighted by molar-refractivity contribution is -0.135. The number of hydrogen-bond acceptors (Lipinski definition) is 6. The maximum Gasteiger partial charge on any atom is 0.300 e. The number of aryl methyl sites for hydroxylation is 1. The van der Waals surface area contributed by atoms with Gasteiger partial charge in [-0.3, -0.25) is 14.5 Å². The Labute approximate surface area is 189 Å². The van der Waals surface area contributed by atoms with Gasteiger partial charge in [0.2, 0.25) is 0 Å². The minimum absolute atomic E-state index is 0.0822. The van der Waals surface area contributed by atoms with E-state index < -0.39 is 11.9 Å². The highest BCUT2D eigenvalue weighted by Gasteiger charge is 2.43. The van der Waals surface area contributed by atoms with Crippen LogP contribution in [0.1, 0.15) is 64.4 Å². The number of halogens is 1. The smallest absolute Gasteiger partial charge is 0.300 e. The van der Waals surface area contributed by atoms with Crippen LogP contribution in [0, 0.1) is 5.41 Å². The number of piperidine rings is 2. The summed E-state index contributed by atoms with van der Waals surface area (Å²) in [7, 11) is 0. The first-order chi connectivity index (χ1) is 14.6. The standard InChI is InChI=1S/C17H29ClN4O.2C2H4O2/c1-2-3-5-15-20-13(16(18)21-15)10-22-9-7-17(12-23)6-4-8-19-14(17)11-22;2*1-2(3)4/h14,19,23H,2-12H2,1H3,(H,20,21);2*1H3,(H,3,4)/t14-,17-;;/m1../s1. The van der Waals surface area contributed by atoms with Crippen molar-refractivity contribution >= 4 is 23.5 Å². The normalized spacial score (nSPS) is 22.9. The number of fused-ring (bicyclic) bond motifs is 1. The number of nitrogens with one attached hydrogen (secondary N) is 2. The van der Waals surface area contributed by atoms with Crippen LogP contribution < -0.4 is 5.32 Å². The molecule has 10 heteroatoms. The maximum atomic E-state index is 9.89. The van der Waals surface area contributed by atoms with Crippen LogP contribution in [0.3, 0.4) is 0 Å². The molecule has 0 bridgehead atoms. The molecule has 0 unspecified atom stereocenters. The molecule has 2 aliphatic rings. The van der Waals surface area contributed by atoms with Crippen molar-refractivity contribution < 1.29 is 24.9 Å². The number of carbonyl (C=O) groups is 2. The Morgan fingerprint density at radius 1 is 1.26 bits per heavy atom. The zero-order valence-electron chi connectivity index (χ0n) is 18.8. The molecular formula is C21H37ClN4O5. The molecule has 9 nitrogen and oxygen atoms in total. The number of rotatable bonds is 6. The molecule has 0 aromatic carbocycles. The van der Waals surface area contributed by atoms with Crippen molar-refractivity contribution in [2.75, 3.05) is 26.2 Å². The van der Waals surface area contributed by atoms with E-state index in [1.165, 1.54) is 6.42 Å². The van der Waals surface area contributed by atoms with Crippen molar-refractivity contribution in [2.24, 2.45) is 5.41 Å². The fourth-order valence-electron chi connectivity index (χ4n) is 4.04. The van der Waals surface area contributed by atoms with Gasteiger partial charge >= 0.3 is 0 Å². The molecule has 5 N–H and O–H groups in total. The summed E-state index contributed by atoms with van der Waals surface area (Å²) >= 11 is 6.31. The third-order valence-corrected chi connectivity index (χ3v) is 5.90. The minimum Gasteiger partial charge on any atom is -0.481 e. The first-order valence-corrected chi connectivity index (χ1v) is 11.2. The van der Waals surface area contributed by atoms with Crippen LogP contribution in [0.25, 0.3) is 0 Å². The van der Waals surface area contributed by atoms with Crippen molar-refractivity contribution in [3.05, 3.63) is 16.7 Å². The highest BCUT2D eigenvalue weighted by molar-refractivity contribution is 6.30. The number of H-pyrrole nitrogens is 1. The molecule has 0 amide bonds. The molecular weight excluding hydrogens is 424 g/mol. The maximum absolute atomic E-state index is 9.89. The van der Waals surface area contributed by atoms with Gasteiger partial charge < -0.3 is 25.6 Å². The molecule has 0 radical (unpaired) electrons. The number of aliphatic carboxylic acids is 2. The lowest BCUT2D eigenvalue weighted by Crippen LogP contribution is -2.61. The summed E-state index contributed by atoms with van der Waals surface area (Å²) in [5.41, 5.74) is 1.11. The molecule has 31 heavy (non-hydrogen) atoms. The second kappa shape index (κ2) is 13.7. The number of imidazole rings is 1. The topological polar surface area (TPSA) is 139 Å². The van der Waals surface area contributed by atoms with E-state index in [1.807, 2.05) is 0 Å². The number of likely N-dealkylation sites (tertiary alicyclic amines) is 1. The fraction of sp³-hybridized carbons (Fsp3) is 0.762. The van der Waals surface area contributed by atoms with Crippen LogP contribution in [0.2, 0.25) is 5.15 Å². The molecule has 0 saturated carbocycles. The van der Waals surface area contributed by atoms with E-state index in [9.17, 15) is 5.11 Å². The first kappa shape index (κ1) is 27.4. The molecule has 178 valence electrons. The Hall–Kier alpha value is -1.68. The van der Waals surface area contributed by atoms with E-state index in [2.05, 4.69) is 27.1 Å². The summed E-state index contributed by atoms with van der Waals surface area (Å²) in [6, 6.07) is 0.385. The number of carboxylic acids is 2. The Morgan fingerprint density at radius 3 is 2.48 bits per heavy atom. The van der Waals surface area contributed by atoms with Gasteiger partial charge in [-0.05, 0) is 38.8 Å². The van der Waals surface area contributed by atoms with Crippen molar-refractivity contribution in [1.29, 1.82) is 0 Å². The summed E-state index contributed by atoms with van der Waals surface area (Å²) in [6.07, 6.45) is 6.63. The Balaban J connectivity index is 0.000000519. The van der Waals surface area contributed by atoms with Crippen LogP contribution in [0.5, 0.6) is 0 Å². The molecule has 3 rings (SSSR count). The fourth-order valence-corrected chi connectivity index (χ4v) is 4.25. The predicted octanol–water partition coefficient (Wildman–Crippen LogP) is 2.52. The van der Waals surface area contributed by atoms with Crippen LogP contribution in [0.15, 0.2) is 0 Å². The second-order valence-corrected chi connectivity index (χ2v) is 8.57. The molecule has 1 aromatic rings. The van der Waals surface area contributed by atoms with Crippen molar-refractivity contribution in [3.63, 3.8) is 0 Å². The van der Waals surface area contributed by atoms with E-state index in [-0.39, 0.29) is 5.41 Å². The average Bonchev–Trinajstić information content (AvgIpc) is 3.04. The molecule has 2 saturated heterocycles. The molecule has 0 aliphatic carbocycles. The molecule has 0 spiro atoms. The summed E-state index contributed by atoms with van der Waals surface area (Å²) in [6.45, 7) is 8.51. The summed E-state index contributed by atoms with van der Waals surface area (Å²) < 4.78 is 0. The van der Waals surface area contributed by atoms with E-state index in [0.717, 1.165) is 83.6 Å². The zero-order chi connectivity index (χ0) is 23.4. The molecule has 3 heterocycles. The lowest BCUT2D eigenvalue weighted by Gasteiger charge is -2.50. The van der Waals surface area contributed by atoms with Crippen LogP contribution in [0.4, 0.5) is 0 Å². The quantitative estimate of drug-likeness (QED) is 0.436. The van der Waals surface area contributed by atoms with Gasteiger partial charge in [0.15, 0.2) is 5.15 Å². The van der Waals surface area contributed by atoms with Crippen molar-refractivity contribution in [1.82, 2.24) is 20.2 Å². The van der Waals surface area contributed by atoms with Crippen LogP contribution in [-0.4, -0.2) is 74.4 Å². The Kier molecular flexibility index (Phi) is 12.1. The number of nitrogens with zero attached hydrogens (tertiary/aromatic N) is 2. The van der Waals surface area contributed by atoms with Gasteiger partial charge in [-0.25, -0.2) is 4.98 Å². The van der Waals surface area contributed by atoms with Gasteiger partial charge in [0.05, 0.1) is 12.3 Å². The van der Waals surface area contributed by atoms with Gasteiger partial charge in [0.25, 0.3) is 11.9 Å². The van der Waals surface area contributed by atoms with E-state index in [4.69, 9.17) is 31.4 Å². The SMILES string of the molecule is CC(=O)O.CC(=O)O.CCCCc1nc(Cl)c(CN2CC[C@@]3(CO)CCCN[C@@H]3C2)[nH]1. The van der Waals surface area contributed by atoms with Crippen LogP contribution >= 0.6 is 11.6 Å². The average molecular weight is 461 g/mol. The third-order valence-electron chi connectivity index (χ3n) is 5.59. The highest BCUT2D eigenvalue weighted by Crippen LogP contribution is 2.38. The van der Waals surface area contributed by atoms with E-state index in [0.29, 0.717) is 17.8 Å². The van der Waals surface area contributed by atoms with Gasteiger partial charge in [-0.1, -0.05) is 24.9 Å². The highest BCUT2D eigenvalue weighted by atomic mass is 35.5.